The van der Waals surface area contributed by atoms with Gasteiger partial charge in [0, 0.05) is 15.8 Å². The predicted octanol–water partition coefficient (Wildman–Crippen LogP) is 2.44. The van der Waals surface area contributed by atoms with Crippen LogP contribution >= 0.6 is 11.3 Å². The van der Waals surface area contributed by atoms with Crippen molar-refractivity contribution in [3.63, 3.8) is 0 Å². The normalized spacial score (nSPS) is 15.9. The second-order valence-corrected chi connectivity index (χ2v) is 6.56. The molecule has 0 spiro atoms. The Morgan fingerprint density at radius 2 is 2.16 bits per heavy atom. The number of hydrogen-bond acceptors (Lipinski definition) is 4. The molecule has 0 radical (unpaired) electrons. The highest BCUT2D eigenvalue weighted by Gasteiger charge is 2.29. The SMILES string of the molecule is Cc1cc(C(=O)OCC(=O)N[C@@H](C)C2CC2)c(C)s1. The molecule has 0 saturated heterocycles. The zero-order chi connectivity index (χ0) is 14.0. The summed E-state index contributed by atoms with van der Waals surface area (Å²) in [5.74, 6) is -0.0464. The first-order chi connectivity index (χ1) is 8.97. The highest BCUT2D eigenvalue weighted by molar-refractivity contribution is 7.12. The number of rotatable bonds is 5. The molecular weight excluding hydrogens is 262 g/mol. The molecule has 1 atom stereocenters. The first kappa shape index (κ1) is 14.1. The Bertz CT molecular complexity index is 491. The lowest BCUT2D eigenvalue weighted by atomic mass is 10.2. The van der Waals surface area contributed by atoms with Crippen LogP contribution in [0.1, 0.15) is 39.9 Å². The van der Waals surface area contributed by atoms with Crippen molar-refractivity contribution in [1.29, 1.82) is 0 Å². The summed E-state index contributed by atoms with van der Waals surface area (Å²) in [7, 11) is 0. The fourth-order valence-corrected chi connectivity index (χ4v) is 2.96. The lowest BCUT2D eigenvalue weighted by Crippen LogP contribution is -2.37. The number of nitrogens with one attached hydrogen (secondary N) is 1. The molecule has 1 heterocycles. The average molecular weight is 281 g/mol. The third-order valence-corrected chi connectivity index (χ3v) is 4.28. The summed E-state index contributed by atoms with van der Waals surface area (Å²) < 4.78 is 5.04. The summed E-state index contributed by atoms with van der Waals surface area (Å²) in [4.78, 5) is 25.4. The van der Waals surface area contributed by atoms with Crippen molar-refractivity contribution in [3.8, 4) is 0 Å². The molecule has 1 amide bonds. The Balaban J connectivity index is 1.79. The van der Waals surface area contributed by atoms with E-state index in [2.05, 4.69) is 5.32 Å². The Kier molecular flexibility index (Phi) is 4.24. The number of hydrogen-bond donors (Lipinski definition) is 1. The van der Waals surface area contributed by atoms with Crippen molar-refractivity contribution >= 4 is 23.2 Å². The van der Waals surface area contributed by atoms with Gasteiger partial charge in [-0.05, 0) is 45.6 Å². The number of aryl methyl sites for hydroxylation is 2. The third-order valence-electron chi connectivity index (χ3n) is 3.31. The minimum absolute atomic E-state index is 0.177. The second kappa shape index (κ2) is 5.74. The molecule has 0 unspecified atom stereocenters. The van der Waals surface area contributed by atoms with E-state index in [-0.39, 0.29) is 18.6 Å². The maximum atomic E-state index is 11.8. The van der Waals surface area contributed by atoms with Crippen LogP contribution < -0.4 is 5.32 Å². The van der Waals surface area contributed by atoms with Gasteiger partial charge in [-0.15, -0.1) is 11.3 Å². The van der Waals surface area contributed by atoms with Crippen molar-refractivity contribution in [2.75, 3.05) is 6.61 Å². The van der Waals surface area contributed by atoms with Crippen LogP contribution in [0.4, 0.5) is 0 Å². The number of carbonyl (C=O) groups excluding carboxylic acids is 2. The molecule has 1 saturated carbocycles. The summed E-state index contributed by atoms with van der Waals surface area (Å²) >= 11 is 1.55. The molecule has 4 nitrogen and oxygen atoms in total. The molecule has 1 N–H and O–H groups in total. The lowest BCUT2D eigenvalue weighted by molar-refractivity contribution is -0.124. The van der Waals surface area contributed by atoms with Gasteiger partial charge in [0.15, 0.2) is 6.61 Å². The molecule has 1 aromatic rings. The summed E-state index contributed by atoms with van der Waals surface area (Å²) in [5.41, 5.74) is 0.561. The smallest absolute Gasteiger partial charge is 0.339 e. The maximum Gasteiger partial charge on any atom is 0.339 e. The number of amides is 1. The van der Waals surface area contributed by atoms with Gasteiger partial charge in [-0.25, -0.2) is 4.79 Å². The van der Waals surface area contributed by atoms with Gasteiger partial charge in [0.05, 0.1) is 5.56 Å². The fraction of sp³-hybridized carbons (Fsp3) is 0.571. The Labute approximate surface area is 117 Å². The Morgan fingerprint density at radius 1 is 1.47 bits per heavy atom. The molecule has 0 aromatic carbocycles. The van der Waals surface area contributed by atoms with E-state index in [1.165, 1.54) is 12.8 Å². The first-order valence-corrected chi connectivity index (χ1v) is 7.32. The predicted molar refractivity (Wildman–Crippen MR) is 74.4 cm³/mol. The second-order valence-electron chi connectivity index (χ2n) is 5.10. The summed E-state index contributed by atoms with van der Waals surface area (Å²) in [5, 5.41) is 2.85. The van der Waals surface area contributed by atoms with E-state index in [9.17, 15) is 9.59 Å². The van der Waals surface area contributed by atoms with E-state index < -0.39 is 5.97 Å². The molecule has 1 aromatic heterocycles. The molecule has 0 aliphatic heterocycles. The molecular formula is C14H19NO3S. The topological polar surface area (TPSA) is 55.4 Å². The minimum atomic E-state index is -0.420. The maximum absolute atomic E-state index is 11.8. The fourth-order valence-electron chi connectivity index (χ4n) is 2.05. The first-order valence-electron chi connectivity index (χ1n) is 6.51. The molecule has 19 heavy (non-hydrogen) atoms. The molecule has 5 heteroatoms. The van der Waals surface area contributed by atoms with Gasteiger partial charge in [-0.3, -0.25) is 4.79 Å². The van der Waals surface area contributed by atoms with Crippen LogP contribution in [0.3, 0.4) is 0 Å². The van der Waals surface area contributed by atoms with Gasteiger partial charge in [-0.2, -0.15) is 0 Å². The van der Waals surface area contributed by atoms with Gasteiger partial charge in [-0.1, -0.05) is 0 Å². The van der Waals surface area contributed by atoms with Gasteiger partial charge < -0.3 is 10.1 Å². The van der Waals surface area contributed by atoms with E-state index in [1.807, 2.05) is 20.8 Å². The van der Waals surface area contributed by atoms with Crippen LogP contribution in [0.2, 0.25) is 0 Å². The molecule has 2 rings (SSSR count). The van der Waals surface area contributed by atoms with Crippen LogP contribution in [0.25, 0.3) is 0 Å². The van der Waals surface area contributed by atoms with Crippen LogP contribution in [0.5, 0.6) is 0 Å². The van der Waals surface area contributed by atoms with Crippen LogP contribution in [0, 0.1) is 19.8 Å². The molecule has 104 valence electrons. The number of carbonyl (C=O) groups is 2. The molecule has 1 aliphatic carbocycles. The van der Waals surface area contributed by atoms with Crippen LogP contribution in [0.15, 0.2) is 6.07 Å². The zero-order valence-corrected chi connectivity index (χ0v) is 12.3. The number of thiophene rings is 1. The number of ether oxygens (including phenoxy) is 1. The molecule has 0 bridgehead atoms. The Hall–Kier alpha value is -1.36. The van der Waals surface area contributed by atoms with Crippen molar-refractivity contribution in [2.24, 2.45) is 5.92 Å². The Morgan fingerprint density at radius 3 is 2.68 bits per heavy atom. The largest absolute Gasteiger partial charge is 0.452 e. The highest BCUT2D eigenvalue weighted by atomic mass is 32.1. The van der Waals surface area contributed by atoms with Gasteiger partial charge in [0.2, 0.25) is 0 Å². The van der Waals surface area contributed by atoms with E-state index >= 15 is 0 Å². The average Bonchev–Trinajstić information content (AvgIpc) is 3.12. The van der Waals surface area contributed by atoms with Gasteiger partial charge in [0.25, 0.3) is 5.91 Å². The van der Waals surface area contributed by atoms with Crippen molar-refractivity contribution < 1.29 is 14.3 Å². The summed E-state index contributed by atoms with van der Waals surface area (Å²) in [6, 6.07) is 1.98. The van der Waals surface area contributed by atoms with Crippen molar-refractivity contribution in [2.45, 2.75) is 39.7 Å². The monoisotopic (exact) mass is 281 g/mol. The van der Waals surface area contributed by atoms with Crippen molar-refractivity contribution in [3.05, 3.63) is 21.4 Å². The standard InChI is InChI=1S/C14H19NO3S/c1-8-6-12(10(3)19-8)14(17)18-7-13(16)15-9(2)11-4-5-11/h6,9,11H,4-5,7H2,1-3H3,(H,15,16)/t9-/m0/s1. The zero-order valence-electron chi connectivity index (χ0n) is 11.5. The lowest BCUT2D eigenvalue weighted by Gasteiger charge is -2.12. The highest BCUT2D eigenvalue weighted by Crippen LogP contribution is 2.32. The van der Waals surface area contributed by atoms with Gasteiger partial charge >= 0.3 is 5.97 Å². The van der Waals surface area contributed by atoms with E-state index in [1.54, 1.807) is 17.4 Å². The third kappa shape index (κ3) is 3.80. The van der Waals surface area contributed by atoms with E-state index in [0.717, 1.165) is 9.75 Å². The van der Waals surface area contributed by atoms with E-state index in [0.29, 0.717) is 11.5 Å². The van der Waals surface area contributed by atoms with Crippen molar-refractivity contribution in [1.82, 2.24) is 5.32 Å². The molecule has 1 fully saturated rings. The quantitative estimate of drug-likeness (QED) is 0.843. The number of esters is 1. The summed E-state index contributed by atoms with van der Waals surface area (Å²) in [6.07, 6.45) is 2.35. The minimum Gasteiger partial charge on any atom is -0.452 e. The van der Waals surface area contributed by atoms with E-state index in [4.69, 9.17) is 4.74 Å². The molecule has 1 aliphatic rings. The van der Waals surface area contributed by atoms with Crippen LogP contribution in [-0.4, -0.2) is 24.5 Å². The summed E-state index contributed by atoms with van der Waals surface area (Å²) in [6.45, 7) is 5.61. The van der Waals surface area contributed by atoms with Crippen LogP contribution in [-0.2, 0) is 9.53 Å². The van der Waals surface area contributed by atoms with Gasteiger partial charge in [0.1, 0.15) is 0 Å².